The lowest BCUT2D eigenvalue weighted by molar-refractivity contribution is -0.127. The zero-order valence-corrected chi connectivity index (χ0v) is 18.2. The van der Waals surface area contributed by atoms with Crippen molar-refractivity contribution in [3.8, 4) is 11.5 Å². The van der Waals surface area contributed by atoms with E-state index in [2.05, 4.69) is 21.9 Å². The summed E-state index contributed by atoms with van der Waals surface area (Å²) >= 11 is 0. The number of nitrogens with zero attached hydrogens (tertiary/aromatic N) is 3. The molecule has 0 radical (unpaired) electrons. The third kappa shape index (κ3) is 5.17. The molecule has 1 saturated heterocycles. The van der Waals surface area contributed by atoms with Gasteiger partial charge < -0.3 is 26.1 Å². The number of anilines is 3. The molecule has 1 aromatic heterocycles. The van der Waals surface area contributed by atoms with Crippen LogP contribution in [-0.4, -0.2) is 39.6 Å². The van der Waals surface area contributed by atoms with E-state index < -0.39 is 0 Å². The summed E-state index contributed by atoms with van der Waals surface area (Å²) in [6, 6.07) is 17.0. The van der Waals surface area contributed by atoms with Crippen LogP contribution in [0.4, 0.5) is 17.2 Å². The van der Waals surface area contributed by atoms with E-state index in [9.17, 15) is 4.79 Å². The first kappa shape index (κ1) is 22.0. The van der Waals surface area contributed by atoms with Crippen LogP contribution < -0.4 is 15.8 Å². The van der Waals surface area contributed by atoms with E-state index >= 15 is 0 Å². The fourth-order valence-electron chi connectivity index (χ4n) is 3.84. The Morgan fingerprint density at radius 3 is 2.61 bits per heavy atom. The van der Waals surface area contributed by atoms with Gasteiger partial charge in [0.1, 0.15) is 29.2 Å². The second-order valence-corrected chi connectivity index (χ2v) is 7.79. The first-order valence-electron chi connectivity index (χ1n) is 10.8. The first-order chi connectivity index (χ1) is 16.0. The number of nitrogen functional groups attached to an aromatic ring is 1. The molecule has 1 amide bonds. The number of para-hydroxylation sites is 1. The van der Waals surface area contributed by atoms with Crippen molar-refractivity contribution in [2.45, 2.75) is 12.8 Å². The summed E-state index contributed by atoms with van der Waals surface area (Å²) < 4.78 is 5.84. The van der Waals surface area contributed by atoms with Gasteiger partial charge in [0, 0.05) is 24.7 Å². The van der Waals surface area contributed by atoms with Gasteiger partial charge in [0.2, 0.25) is 5.91 Å². The summed E-state index contributed by atoms with van der Waals surface area (Å²) in [5, 5.41) is 12.1. The number of aromatic nitrogens is 2. The molecule has 168 valence electrons. The van der Waals surface area contributed by atoms with Crippen LogP contribution in [0, 0.1) is 11.3 Å². The van der Waals surface area contributed by atoms with Crippen LogP contribution >= 0.6 is 0 Å². The fourth-order valence-corrected chi connectivity index (χ4v) is 3.84. The number of nitrogens with two attached hydrogens (primary N) is 1. The van der Waals surface area contributed by atoms with Crippen molar-refractivity contribution < 1.29 is 9.53 Å². The highest BCUT2D eigenvalue weighted by atomic mass is 16.5. The minimum Gasteiger partial charge on any atom is -0.457 e. The number of nitrogens with one attached hydrogen (secondary N) is 2. The van der Waals surface area contributed by atoms with Gasteiger partial charge in [-0.1, -0.05) is 24.8 Å². The number of piperidine rings is 1. The molecule has 1 unspecified atom stereocenters. The molecule has 8 heteroatoms. The number of hydrogen-bond acceptors (Lipinski definition) is 7. The number of benzene rings is 2. The van der Waals surface area contributed by atoms with Crippen LogP contribution in [0.5, 0.6) is 11.5 Å². The molecule has 0 bridgehead atoms. The number of amides is 1. The Bertz CT molecular complexity index is 1150. The van der Waals surface area contributed by atoms with Gasteiger partial charge in [0.15, 0.2) is 5.82 Å². The highest BCUT2D eigenvalue weighted by Crippen LogP contribution is 2.30. The van der Waals surface area contributed by atoms with Crippen molar-refractivity contribution in [1.82, 2.24) is 14.9 Å². The summed E-state index contributed by atoms with van der Waals surface area (Å²) in [4.78, 5) is 22.2. The molecule has 0 aliphatic carbocycles. The molecule has 3 aromatic rings. The normalized spacial score (nSPS) is 15.5. The third-order valence-corrected chi connectivity index (χ3v) is 5.55. The quantitative estimate of drug-likeness (QED) is 0.369. The molecule has 2 heterocycles. The van der Waals surface area contributed by atoms with Crippen LogP contribution in [0.1, 0.15) is 18.5 Å². The Morgan fingerprint density at radius 1 is 1.15 bits per heavy atom. The Morgan fingerprint density at radius 2 is 1.88 bits per heavy atom. The summed E-state index contributed by atoms with van der Waals surface area (Å²) in [7, 11) is 0. The standard InChI is InChI=1S/C25H26N6O2/c1-2-21(32)31-14-6-7-17(15-31)22(26)23-24(25(27)29-16-28-23)30-18-10-12-20(13-11-18)33-19-8-4-3-5-9-19/h2-5,8-13,16-17,26,30H,1,6-7,14-15H2,(H2,27,28,29). The summed E-state index contributed by atoms with van der Waals surface area (Å²) in [6.45, 7) is 4.69. The SMILES string of the molecule is C=CC(=O)N1CCCC(C(=N)c2ncnc(N)c2Nc2ccc(Oc3ccccc3)cc2)C1. The lowest BCUT2D eigenvalue weighted by Gasteiger charge is -2.32. The van der Waals surface area contributed by atoms with E-state index in [1.54, 1.807) is 4.90 Å². The summed E-state index contributed by atoms with van der Waals surface area (Å²) in [5.41, 5.74) is 8.16. The van der Waals surface area contributed by atoms with Crippen molar-refractivity contribution in [3.05, 3.63) is 79.3 Å². The molecule has 33 heavy (non-hydrogen) atoms. The molecule has 2 aromatic carbocycles. The van der Waals surface area contributed by atoms with Crippen LogP contribution in [0.3, 0.4) is 0 Å². The number of likely N-dealkylation sites (tertiary alicyclic amines) is 1. The lowest BCUT2D eigenvalue weighted by atomic mass is 9.90. The Labute approximate surface area is 192 Å². The maximum absolute atomic E-state index is 12.0. The fraction of sp³-hybridized carbons (Fsp3) is 0.200. The van der Waals surface area contributed by atoms with Crippen LogP contribution in [0.25, 0.3) is 0 Å². The van der Waals surface area contributed by atoms with E-state index in [-0.39, 0.29) is 17.6 Å². The minimum absolute atomic E-state index is 0.120. The molecule has 0 saturated carbocycles. The average Bonchev–Trinajstić information content (AvgIpc) is 2.86. The van der Waals surface area contributed by atoms with Gasteiger partial charge in [-0.15, -0.1) is 0 Å². The smallest absolute Gasteiger partial charge is 0.245 e. The highest BCUT2D eigenvalue weighted by Gasteiger charge is 2.28. The molecule has 4 N–H and O–H groups in total. The van der Waals surface area contributed by atoms with Gasteiger partial charge in [0.25, 0.3) is 0 Å². The first-order valence-corrected chi connectivity index (χ1v) is 10.8. The number of carbonyl (C=O) groups is 1. The molecule has 8 nitrogen and oxygen atoms in total. The Balaban J connectivity index is 1.51. The number of carbonyl (C=O) groups excluding carboxylic acids is 1. The van der Waals surface area contributed by atoms with E-state index in [1.807, 2.05) is 54.6 Å². The summed E-state index contributed by atoms with van der Waals surface area (Å²) in [5.74, 6) is 1.45. The molecular formula is C25H26N6O2. The zero-order valence-electron chi connectivity index (χ0n) is 18.2. The van der Waals surface area contributed by atoms with Gasteiger partial charge in [-0.2, -0.15) is 0 Å². The molecule has 4 rings (SSSR count). The Kier molecular flexibility index (Phi) is 6.64. The maximum atomic E-state index is 12.0. The zero-order chi connectivity index (χ0) is 23.2. The number of hydrogen-bond donors (Lipinski definition) is 3. The predicted octanol–water partition coefficient (Wildman–Crippen LogP) is 4.39. The summed E-state index contributed by atoms with van der Waals surface area (Å²) in [6.07, 6.45) is 4.29. The van der Waals surface area contributed by atoms with Gasteiger partial charge in [-0.25, -0.2) is 9.97 Å². The van der Waals surface area contributed by atoms with Gasteiger partial charge in [-0.05, 0) is 55.3 Å². The second-order valence-electron chi connectivity index (χ2n) is 7.79. The van der Waals surface area contributed by atoms with E-state index in [0.29, 0.717) is 35.9 Å². The second kappa shape index (κ2) is 9.95. The minimum atomic E-state index is -0.140. The molecule has 0 spiro atoms. The van der Waals surface area contributed by atoms with Crippen LogP contribution in [0.2, 0.25) is 0 Å². The molecule has 1 atom stereocenters. The third-order valence-electron chi connectivity index (χ3n) is 5.55. The van der Waals surface area contributed by atoms with E-state index in [0.717, 1.165) is 24.3 Å². The molecular weight excluding hydrogens is 416 g/mol. The topological polar surface area (TPSA) is 117 Å². The van der Waals surface area contributed by atoms with Gasteiger partial charge in [0.05, 0.1) is 5.71 Å². The van der Waals surface area contributed by atoms with Crippen molar-refractivity contribution in [2.75, 3.05) is 24.1 Å². The van der Waals surface area contributed by atoms with Crippen LogP contribution in [0.15, 0.2) is 73.6 Å². The predicted molar refractivity (Wildman–Crippen MR) is 129 cm³/mol. The number of ether oxygens (including phenoxy) is 1. The van der Waals surface area contributed by atoms with E-state index in [1.165, 1.54) is 12.4 Å². The van der Waals surface area contributed by atoms with E-state index in [4.69, 9.17) is 15.9 Å². The van der Waals surface area contributed by atoms with Crippen molar-refractivity contribution in [2.24, 2.45) is 5.92 Å². The number of rotatable bonds is 7. The van der Waals surface area contributed by atoms with Crippen molar-refractivity contribution in [1.29, 1.82) is 5.41 Å². The lowest BCUT2D eigenvalue weighted by Crippen LogP contribution is -2.41. The Hall–Kier alpha value is -4.20. The van der Waals surface area contributed by atoms with Gasteiger partial charge in [-0.3, -0.25) is 4.79 Å². The van der Waals surface area contributed by atoms with Gasteiger partial charge >= 0.3 is 0 Å². The monoisotopic (exact) mass is 442 g/mol. The van der Waals surface area contributed by atoms with Crippen LogP contribution in [-0.2, 0) is 4.79 Å². The average molecular weight is 443 g/mol. The molecule has 1 fully saturated rings. The maximum Gasteiger partial charge on any atom is 0.245 e. The largest absolute Gasteiger partial charge is 0.457 e. The highest BCUT2D eigenvalue weighted by molar-refractivity contribution is 6.05. The van der Waals surface area contributed by atoms with Crippen molar-refractivity contribution in [3.63, 3.8) is 0 Å². The van der Waals surface area contributed by atoms with Crippen molar-refractivity contribution >= 4 is 28.8 Å². The molecule has 1 aliphatic heterocycles. The molecule has 1 aliphatic rings.